The summed E-state index contributed by atoms with van der Waals surface area (Å²) in [7, 11) is 2.14. The van der Waals surface area contributed by atoms with Crippen LogP contribution < -0.4 is 0 Å². The molecule has 0 radical (unpaired) electrons. The summed E-state index contributed by atoms with van der Waals surface area (Å²) in [5, 5.41) is 2.27. The van der Waals surface area contributed by atoms with E-state index in [1.54, 1.807) is 12.1 Å². The molecule has 6 aromatic rings. The Morgan fingerprint density at radius 2 is 1.45 bits per heavy atom. The van der Waals surface area contributed by atoms with Crippen molar-refractivity contribution in [2.75, 3.05) is 0 Å². The largest absolute Gasteiger partial charge is 0.361 e. The third kappa shape index (κ3) is 3.16. The van der Waals surface area contributed by atoms with Crippen LogP contribution in [-0.4, -0.2) is 9.55 Å². The number of halogens is 1. The molecule has 4 aromatic carbocycles. The van der Waals surface area contributed by atoms with Crippen LogP contribution in [0.4, 0.5) is 4.39 Å². The van der Waals surface area contributed by atoms with E-state index in [0.29, 0.717) is 0 Å². The van der Waals surface area contributed by atoms with E-state index >= 15 is 0 Å². The zero-order valence-electron chi connectivity index (χ0n) is 18.3. The van der Waals surface area contributed by atoms with Crippen LogP contribution in [-0.2, 0) is 7.05 Å². The SMILES string of the molecule is Cn1c(-c2ccccc2)c(C(c2ccccc2)c2c[nH]c3cc(F)ccc23)c2ccccc21. The molecule has 33 heavy (non-hydrogen) atoms. The van der Waals surface area contributed by atoms with E-state index in [0.717, 1.165) is 16.5 Å². The van der Waals surface area contributed by atoms with E-state index < -0.39 is 0 Å². The lowest BCUT2D eigenvalue weighted by Crippen LogP contribution is -2.05. The van der Waals surface area contributed by atoms with Gasteiger partial charge in [0, 0.05) is 41.0 Å². The van der Waals surface area contributed by atoms with Crippen LogP contribution in [0, 0.1) is 5.82 Å². The molecule has 0 spiro atoms. The van der Waals surface area contributed by atoms with Crippen LogP contribution >= 0.6 is 0 Å². The molecule has 6 rings (SSSR count). The Kier molecular flexibility index (Phi) is 4.62. The Labute approximate surface area is 191 Å². The average Bonchev–Trinajstić information content (AvgIpc) is 3.40. The van der Waals surface area contributed by atoms with Crippen LogP contribution in [0.15, 0.2) is 109 Å². The molecule has 2 aromatic heterocycles. The molecule has 0 amide bonds. The normalized spacial score (nSPS) is 12.4. The highest BCUT2D eigenvalue weighted by atomic mass is 19.1. The molecule has 1 atom stereocenters. The van der Waals surface area contributed by atoms with Crippen LogP contribution in [0.2, 0.25) is 0 Å². The lowest BCUT2D eigenvalue weighted by atomic mass is 9.82. The van der Waals surface area contributed by atoms with Gasteiger partial charge in [0.05, 0.1) is 5.69 Å². The van der Waals surface area contributed by atoms with Gasteiger partial charge in [-0.1, -0.05) is 78.9 Å². The minimum absolute atomic E-state index is 0.0216. The average molecular weight is 431 g/mol. The molecule has 160 valence electrons. The summed E-state index contributed by atoms with van der Waals surface area (Å²) in [6.07, 6.45) is 2.04. The maximum atomic E-state index is 14.0. The minimum atomic E-state index is -0.234. The molecule has 0 saturated carbocycles. The lowest BCUT2D eigenvalue weighted by molar-refractivity contribution is 0.629. The van der Waals surface area contributed by atoms with Crippen molar-refractivity contribution in [1.29, 1.82) is 0 Å². The van der Waals surface area contributed by atoms with Crippen LogP contribution in [0.1, 0.15) is 22.6 Å². The van der Waals surface area contributed by atoms with Gasteiger partial charge in [-0.3, -0.25) is 0 Å². The van der Waals surface area contributed by atoms with E-state index in [4.69, 9.17) is 0 Å². The lowest BCUT2D eigenvalue weighted by Gasteiger charge is -2.20. The molecule has 0 bridgehead atoms. The van der Waals surface area contributed by atoms with Crippen LogP contribution in [0.5, 0.6) is 0 Å². The number of hydrogen-bond acceptors (Lipinski definition) is 0. The summed E-state index contributed by atoms with van der Waals surface area (Å²) in [5.74, 6) is -0.256. The van der Waals surface area contributed by atoms with E-state index in [-0.39, 0.29) is 11.7 Å². The second-order valence-corrected chi connectivity index (χ2v) is 8.48. The Balaban J connectivity index is 1.74. The first-order chi connectivity index (χ1) is 16.2. The summed E-state index contributed by atoms with van der Waals surface area (Å²) in [4.78, 5) is 3.32. The highest BCUT2D eigenvalue weighted by Crippen LogP contribution is 2.45. The number of aryl methyl sites for hydroxylation is 1. The first-order valence-electron chi connectivity index (χ1n) is 11.2. The molecule has 0 saturated heterocycles. The molecule has 0 aliphatic heterocycles. The van der Waals surface area contributed by atoms with Crippen molar-refractivity contribution in [2.24, 2.45) is 7.05 Å². The summed E-state index contributed by atoms with van der Waals surface area (Å²) in [5.41, 5.74) is 7.99. The highest BCUT2D eigenvalue weighted by Gasteiger charge is 2.28. The Hall–Kier alpha value is -4.11. The number of para-hydroxylation sites is 1. The Bertz CT molecular complexity index is 1580. The van der Waals surface area contributed by atoms with Crippen molar-refractivity contribution in [1.82, 2.24) is 9.55 Å². The second kappa shape index (κ2) is 7.79. The van der Waals surface area contributed by atoms with Crippen LogP contribution in [0.3, 0.4) is 0 Å². The maximum Gasteiger partial charge on any atom is 0.125 e. The molecule has 2 nitrogen and oxygen atoms in total. The van der Waals surface area contributed by atoms with E-state index in [1.165, 1.54) is 33.3 Å². The van der Waals surface area contributed by atoms with E-state index in [9.17, 15) is 4.39 Å². The van der Waals surface area contributed by atoms with Gasteiger partial charge in [0.25, 0.3) is 0 Å². The number of fused-ring (bicyclic) bond motifs is 2. The molecule has 2 heterocycles. The number of rotatable bonds is 4. The van der Waals surface area contributed by atoms with E-state index in [2.05, 4.69) is 95.5 Å². The number of aromatic amines is 1. The van der Waals surface area contributed by atoms with Gasteiger partial charge in [-0.2, -0.15) is 0 Å². The fourth-order valence-electron chi connectivity index (χ4n) is 5.17. The van der Waals surface area contributed by atoms with E-state index in [1.807, 2.05) is 18.3 Å². The summed E-state index contributed by atoms with van der Waals surface area (Å²) in [6.45, 7) is 0. The van der Waals surface area contributed by atoms with Crippen molar-refractivity contribution < 1.29 is 4.39 Å². The number of nitrogens with one attached hydrogen (secondary N) is 1. The van der Waals surface area contributed by atoms with Gasteiger partial charge in [-0.25, -0.2) is 4.39 Å². The first-order valence-corrected chi connectivity index (χ1v) is 11.2. The van der Waals surface area contributed by atoms with Crippen molar-refractivity contribution >= 4 is 21.8 Å². The molecule has 1 unspecified atom stereocenters. The molecule has 3 heteroatoms. The molecular weight excluding hydrogens is 407 g/mol. The van der Waals surface area contributed by atoms with Gasteiger partial charge in [-0.05, 0) is 46.5 Å². The van der Waals surface area contributed by atoms with Crippen molar-refractivity contribution in [2.45, 2.75) is 5.92 Å². The maximum absolute atomic E-state index is 14.0. The number of benzene rings is 4. The first kappa shape index (κ1) is 19.6. The molecule has 0 aliphatic carbocycles. The monoisotopic (exact) mass is 430 g/mol. The quantitative estimate of drug-likeness (QED) is 0.297. The third-order valence-corrected chi connectivity index (χ3v) is 6.60. The fraction of sp³-hybridized carbons (Fsp3) is 0.0667. The zero-order chi connectivity index (χ0) is 22.4. The third-order valence-electron chi connectivity index (χ3n) is 6.60. The number of aromatic nitrogens is 2. The predicted molar refractivity (Wildman–Crippen MR) is 134 cm³/mol. The van der Waals surface area contributed by atoms with Crippen molar-refractivity contribution in [3.63, 3.8) is 0 Å². The topological polar surface area (TPSA) is 20.7 Å². The van der Waals surface area contributed by atoms with Gasteiger partial charge in [0.2, 0.25) is 0 Å². The van der Waals surface area contributed by atoms with Crippen molar-refractivity contribution in [3.8, 4) is 11.3 Å². The molecular formula is C30H23FN2. The number of hydrogen-bond donors (Lipinski definition) is 1. The van der Waals surface area contributed by atoms with Gasteiger partial charge < -0.3 is 9.55 Å². The highest BCUT2D eigenvalue weighted by molar-refractivity contribution is 5.95. The van der Waals surface area contributed by atoms with Gasteiger partial charge in [0.15, 0.2) is 0 Å². The standard InChI is InChI=1S/C30H23FN2/c1-33-27-15-9-8-14-24(27)29(30(33)21-12-6-3-7-13-21)28(20-10-4-2-5-11-20)25-19-32-26-18-22(31)16-17-23(25)26/h2-19,28,32H,1H3. The Morgan fingerprint density at radius 1 is 0.758 bits per heavy atom. The second-order valence-electron chi connectivity index (χ2n) is 8.48. The van der Waals surface area contributed by atoms with Gasteiger partial charge in [0.1, 0.15) is 5.82 Å². The summed E-state index contributed by atoms with van der Waals surface area (Å²) >= 11 is 0. The number of H-pyrrole nitrogens is 1. The summed E-state index contributed by atoms with van der Waals surface area (Å²) < 4.78 is 16.3. The predicted octanol–water partition coefficient (Wildman–Crippen LogP) is 7.65. The van der Waals surface area contributed by atoms with Crippen LogP contribution in [0.25, 0.3) is 33.1 Å². The minimum Gasteiger partial charge on any atom is -0.361 e. The number of nitrogens with zero attached hydrogens (tertiary/aromatic N) is 1. The fourth-order valence-corrected chi connectivity index (χ4v) is 5.17. The molecule has 0 fully saturated rings. The van der Waals surface area contributed by atoms with Crippen molar-refractivity contribution in [3.05, 3.63) is 132 Å². The van der Waals surface area contributed by atoms with Gasteiger partial charge >= 0.3 is 0 Å². The zero-order valence-corrected chi connectivity index (χ0v) is 18.3. The molecule has 0 aliphatic rings. The van der Waals surface area contributed by atoms with Gasteiger partial charge in [-0.15, -0.1) is 0 Å². The molecule has 1 N–H and O–H groups in total. The summed E-state index contributed by atoms with van der Waals surface area (Å²) in [6, 6.07) is 34.7. The smallest absolute Gasteiger partial charge is 0.125 e. The Morgan fingerprint density at radius 3 is 2.24 bits per heavy atom.